The van der Waals surface area contributed by atoms with Crippen molar-refractivity contribution in [3.05, 3.63) is 70.3 Å². The molecule has 3 aromatic rings. The Hall–Kier alpha value is -2.99. The monoisotopic (exact) mass is 363 g/mol. The van der Waals surface area contributed by atoms with Gasteiger partial charge in [-0.1, -0.05) is 18.2 Å². The van der Waals surface area contributed by atoms with E-state index in [4.69, 9.17) is 9.72 Å². The third kappa shape index (κ3) is 3.75. The summed E-state index contributed by atoms with van der Waals surface area (Å²) in [5, 5.41) is 3.74. The maximum absolute atomic E-state index is 13.0. The number of ether oxygens (including phenoxy) is 1. The zero-order chi connectivity index (χ0) is 18.8. The molecule has 0 atom stereocenters. The molecule has 1 amide bonds. The predicted molar refractivity (Wildman–Crippen MR) is 104 cm³/mol. The summed E-state index contributed by atoms with van der Waals surface area (Å²) in [5.74, 6) is 0.254. The van der Waals surface area contributed by atoms with Crippen LogP contribution >= 0.6 is 0 Å². The molecular formula is C21H21N3O3. The quantitative estimate of drug-likeness (QED) is 0.730. The lowest BCUT2D eigenvalue weighted by Crippen LogP contribution is -2.22. The van der Waals surface area contributed by atoms with Crippen molar-refractivity contribution in [3.8, 4) is 0 Å². The first-order chi connectivity index (χ1) is 13.2. The lowest BCUT2D eigenvalue weighted by Gasteiger charge is -2.12. The molecule has 1 saturated carbocycles. The molecule has 6 heteroatoms. The number of para-hydroxylation sites is 1. The Morgan fingerprint density at radius 3 is 2.85 bits per heavy atom. The van der Waals surface area contributed by atoms with Crippen LogP contribution < -0.4 is 10.9 Å². The van der Waals surface area contributed by atoms with Crippen molar-refractivity contribution >= 4 is 22.5 Å². The largest absolute Gasteiger partial charge is 0.383 e. The van der Waals surface area contributed by atoms with E-state index in [1.54, 1.807) is 19.4 Å². The number of fused-ring (bicyclic) bond motifs is 1. The van der Waals surface area contributed by atoms with E-state index in [0.29, 0.717) is 30.3 Å². The van der Waals surface area contributed by atoms with Gasteiger partial charge >= 0.3 is 0 Å². The van der Waals surface area contributed by atoms with Crippen molar-refractivity contribution in [1.82, 2.24) is 9.55 Å². The first kappa shape index (κ1) is 17.4. The molecule has 1 fully saturated rings. The van der Waals surface area contributed by atoms with E-state index in [9.17, 15) is 9.59 Å². The Morgan fingerprint density at radius 2 is 2.07 bits per heavy atom. The molecule has 27 heavy (non-hydrogen) atoms. The SMILES string of the molecule is COCCn1cc(NC(=O)c2cc(C3CC3)nc3ccccc23)ccc1=O. The summed E-state index contributed by atoms with van der Waals surface area (Å²) in [6.07, 6.45) is 3.89. The Balaban J connectivity index is 1.66. The molecule has 0 aliphatic heterocycles. The van der Waals surface area contributed by atoms with Crippen molar-refractivity contribution in [2.75, 3.05) is 19.0 Å². The van der Waals surface area contributed by atoms with E-state index in [0.717, 1.165) is 29.4 Å². The van der Waals surface area contributed by atoms with Crippen LogP contribution in [0.5, 0.6) is 0 Å². The fraction of sp³-hybridized carbons (Fsp3) is 0.286. The van der Waals surface area contributed by atoms with E-state index in [2.05, 4.69) is 5.32 Å². The fourth-order valence-electron chi connectivity index (χ4n) is 3.14. The van der Waals surface area contributed by atoms with Crippen molar-refractivity contribution in [2.45, 2.75) is 25.3 Å². The Morgan fingerprint density at radius 1 is 1.26 bits per heavy atom. The molecule has 1 aliphatic carbocycles. The van der Waals surface area contributed by atoms with Crippen LogP contribution in [0.1, 0.15) is 34.8 Å². The number of pyridine rings is 2. The average molecular weight is 363 g/mol. The molecule has 2 heterocycles. The van der Waals surface area contributed by atoms with E-state index in [1.165, 1.54) is 10.6 Å². The van der Waals surface area contributed by atoms with E-state index < -0.39 is 0 Å². The first-order valence-corrected chi connectivity index (χ1v) is 9.06. The number of methoxy groups -OCH3 is 1. The number of anilines is 1. The van der Waals surface area contributed by atoms with Crippen LogP contribution in [0.25, 0.3) is 10.9 Å². The van der Waals surface area contributed by atoms with Crippen LogP contribution in [0.15, 0.2) is 53.5 Å². The molecule has 1 aliphatic rings. The van der Waals surface area contributed by atoms with Crippen molar-refractivity contribution < 1.29 is 9.53 Å². The van der Waals surface area contributed by atoms with Crippen LogP contribution in [0.2, 0.25) is 0 Å². The number of hydrogen-bond acceptors (Lipinski definition) is 4. The van der Waals surface area contributed by atoms with E-state index >= 15 is 0 Å². The molecule has 0 bridgehead atoms. The minimum Gasteiger partial charge on any atom is -0.383 e. The van der Waals surface area contributed by atoms with Gasteiger partial charge in [-0.05, 0) is 31.0 Å². The standard InChI is InChI=1S/C21H21N3O3/c1-27-11-10-24-13-15(8-9-20(24)25)22-21(26)17-12-19(14-6-7-14)23-18-5-3-2-4-16(17)18/h2-5,8-9,12-14H,6-7,10-11H2,1H3,(H,22,26). The minimum atomic E-state index is -0.201. The number of benzene rings is 1. The number of carbonyl (C=O) groups excluding carboxylic acids is 1. The number of hydrogen-bond donors (Lipinski definition) is 1. The number of carbonyl (C=O) groups is 1. The molecule has 1 N–H and O–H groups in total. The summed E-state index contributed by atoms with van der Waals surface area (Å²) in [6, 6.07) is 12.6. The summed E-state index contributed by atoms with van der Waals surface area (Å²) in [7, 11) is 1.59. The summed E-state index contributed by atoms with van der Waals surface area (Å²) in [6.45, 7) is 0.861. The fourth-order valence-corrected chi connectivity index (χ4v) is 3.14. The van der Waals surface area contributed by atoms with Crippen molar-refractivity contribution in [2.24, 2.45) is 0 Å². The Bertz CT molecular complexity index is 1050. The first-order valence-electron chi connectivity index (χ1n) is 9.06. The van der Waals surface area contributed by atoms with Crippen LogP contribution in [-0.2, 0) is 11.3 Å². The van der Waals surface area contributed by atoms with Gasteiger partial charge < -0.3 is 14.6 Å². The normalized spacial score (nSPS) is 13.7. The van der Waals surface area contributed by atoms with Crippen LogP contribution in [0, 0.1) is 0 Å². The van der Waals surface area contributed by atoms with Gasteiger partial charge in [-0.15, -0.1) is 0 Å². The number of nitrogens with zero attached hydrogens (tertiary/aromatic N) is 2. The van der Waals surface area contributed by atoms with Gasteiger partial charge in [0.2, 0.25) is 0 Å². The third-order valence-electron chi connectivity index (χ3n) is 4.75. The average Bonchev–Trinajstić information content (AvgIpc) is 3.52. The van der Waals surface area contributed by atoms with Gasteiger partial charge in [0, 0.05) is 42.9 Å². The van der Waals surface area contributed by atoms with Gasteiger partial charge in [-0.25, -0.2) is 0 Å². The summed E-state index contributed by atoms with van der Waals surface area (Å²) in [4.78, 5) is 29.6. The lowest BCUT2D eigenvalue weighted by atomic mass is 10.1. The molecule has 138 valence electrons. The Labute approximate surface area is 156 Å². The Kier molecular flexibility index (Phi) is 4.73. The second-order valence-electron chi connectivity index (χ2n) is 6.78. The van der Waals surface area contributed by atoms with Crippen LogP contribution in [0.4, 0.5) is 5.69 Å². The highest BCUT2D eigenvalue weighted by Gasteiger charge is 2.27. The molecule has 0 saturated heterocycles. The zero-order valence-corrected chi connectivity index (χ0v) is 15.1. The minimum absolute atomic E-state index is 0.129. The number of aromatic nitrogens is 2. The molecule has 0 radical (unpaired) electrons. The maximum Gasteiger partial charge on any atom is 0.256 e. The molecule has 2 aromatic heterocycles. The second-order valence-corrected chi connectivity index (χ2v) is 6.78. The van der Waals surface area contributed by atoms with Crippen molar-refractivity contribution in [3.63, 3.8) is 0 Å². The summed E-state index contributed by atoms with van der Waals surface area (Å²) in [5.41, 5.74) is 2.86. The van der Waals surface area contributed by atoms with Crippen LogP contribution in [0.3, 0.4) is 0 Å². The van der Waals surface area contributed by atoms with Crippen molar-refractivity contribution in [1.29, 1.82) is 0 Å². The highest BCUT2D eigenvalue weighted by atomic mass is 16.5. The number of rotatable bonds is 6. The van der Waals surface area contributed by atoms with Crippen LogP contribution in [-0.4, -0.2) is 29.2 Å². The molecule has 4 rings (SSSR count). The van der Waals surface area contributed by atoms with Gasteiger partial charge in [-0.2, -0.15) is 0 Å². The molecule has 6 nitrogen and oxygen atoms in total. The maximum atomic E-state index is 13.0. The smallest absolute Gasteiger partial charge is 0.256 e. The number of amides is 1. The van der Waals surface area contributed by atoms with Gasteiger partial charge in [0.05, 0.1) is 23.4 Å². The van der Waals surface area contributed by atoms with E-state index in [1.807, 2.05) is 30.3 Å². The predicted octanol–water partition coefficient (Wildman–Crippen LogP) is 3.17. The molecular weight excluding hydrogens is 342 g/mol. The van der Waals surface area contributed by atoms with Gasteiger partial charge in [0.25, 0.3) is 11.5 Å². The lowest BCUT2D eigenvalue weighted by molar-refractivity contribution is 0.102. The van der Waals surface area contributed by atoms with Gasteiger partial charge in [0.15, 0.2) is 0 Å². The summed E-state index contributed by atoms with van der Waals surface area (Å²) < 4.78 is 6.55. The molecule has 1 aromatic carbocycles. The highest BCUT2D eigenvalue weighted by Crippen LogP contribution is 2.40. The summed E-state index contributed by atoms with van der Waals surface area (Å²) >= 11 is 0. The molecule has 0 spiro atoms. The van der Waals surface area contributed by atoms with Gasteiger partial charge in [0.1, 0.15) is 0 Å². The number of nitrogens with one attached hydrogen (secondary N) is 1. The molecule has 0 unspecified atom stereocenters. The van der Waals surface area contributed by atoms with E-state index in [-0.39, 0.29) is 11.5 Å². The highest BCUT2D eigenvalue weighted by molar-refractivity contribution is 6.12. The second kappa shape index (κ2) is 7.32. The topological polar surface area (TPSA) is 73.2 Å². The van der Waals surface area contributed by atoms with Gasteiger partial charge in [-0.3, -0.25) is 14.6 Å². The zero-order valence-electron chi connectivity index (χ0n) is 15.1. The third-order valence-corrected chi connectivity index (χ3v) is 4.75.